The van der Waals surface area contributed by atoms with Crippen LogP contribution in [-0.4, -0.2) is 33.7 Å². The van der Waals surface area contributed by atoms with Gasteiger partial charge in [0.1, 0.15) is 0 Å². The van der Waals surface area contributed by atoms with Crippen LogP contribution in [-0.2, 0) is 6.54 Å². The molecule has 2 aromatic carbocycles. The van der Waals surface area contributed by atoms with Gasteiger partial charge in [-0.05, 0) is 69.6 Å². The fourth-order valence-electron chi connectivity index (χ4n) is 4.05. The number of likely N-dealkylation sites (tertiary alicyclic amines) is 1. The van der Waals surface area contributed by atoms with Gasteiger partial charge >= 0.3 is 0 Å². The van der Waals surface area contributed by atoms with Gasteiger partial charge in [-0.15, -0.1) is 0 Å². The third-order valence-corrected chi connectivity index (χ3v) is 5.59. The zero-order valence-electron chi connectivity index (χ0n) is 17.2. The van der Waals surface area contributed by atoms with Crippen molar-refractivity contribution in [3.05, 3.63) is 77.1 Å². The summed E-state index contributed by atoms with van der Waals surface area (Å²) in [6.07, 6.45) is 3.94. The summed E-state index contributed by atoms with van der Waals surface area (Å²) in [5.41, 5.74) is 5.25. The number of benzene rings is 2. The van der Waals surface area contributed by atoms with Crippen molar-refractivity contribution in [2.75, 3.05) is 18.4 Å². The quantitative estimate of drug-likeness (QED) is 0.688. The number of nitrogens with one attached hydrogen (secondary N) is 1. The molecule has 0 spiro atoms. The number of hydrogen-bond acceptors (Lipinski definition) is 3. The normalized spacial score (nSPS) is 14.7. The second-order valence-electron chi connectivity index (χ2n) is 7.78. The number of amides is 1. The lowest BCUT2D eigenvalue weighted by Crippen LogP contribution is -2.29. The molecule has 5 nitrogen and oxygen atoms in total. The lowest BCUT2D eigenvalue weighted by atomic mass is 10.1. The van der Waals surface area contributed by atoms with Crippen molar-refractivity contribution in [3.8, 4) is 5.69 Å². The molecule has 4 rings (SSSR count). The molecule has 1 aliphatic heterocycles. The third kappa shape index (κ3) is 4.40. The van der Waals surface area contributed by atoms with Crippen LogP contribution in [0, 0.1) is 13.8 Å². The van der Waals surface area contributed by atoms with Crippen molar-refractivity contribution in [3.63, 3.8) is 0 Å². The Bertz CT molecular complexity index is 970. The van der Waals surface area contributed by atoms with Crippen molar-refractivity contribution >= 4 is 11.6 Å². The van der Waals surface area contributed by atoms with E-state index in [4.69, 9.17) is 0 Å². The average molecular weight is 389 g/mol. The second kappa shape index (κ2) is 8.62. The molecule has 0 bridgehead atoms. The summed E-state index contributed by atoms with van der Waals surface area (Å²) in [7, 11) is 0. The maximum Gasteiger partial charge on any atom is 0.259 e. The smallest absolute Gasteiger partial charge is 0.259 e. The van der Waals surface area contributed by atoms with Gasteiger partial charge in [-0.2, -0.15) is 5.10 Å². The molecule has 5 heteroatoms. The van der Waals surface area contributed by atoms with Gasteiger partial charge in [-0.25, -0.2) is 4.68 Å². The monoisotopic (exact) mass is 388 g/mol. The molecule has 1 amide bonds. The first-order valence-corrected chi connectivity index (χ1v) is 10.4. The lowest BCUT2D eigenvalue weighted by molar-refractivity contribution is 0.102. The van der Waals surface area contributed by atoms with E-state index in [1.807, 2.05) is 61.0 Å². The van der Waals surface area contributed by atoms with E-state index in [1.165, 1.54) is 37.9 Å². The van der Waals surface area contributed by atoms with E-state index in [-0.39, 0.29) is 5.91 Å². The van der Waals surface area contributed by atoms with Gasteiger partial charge in [-0.3, -0.25) is 9.69 Å². The third-order valence-electron chi connectivity index (χ3n) is 5.59. The summed E-state index contributed by atoms with van der Waals surface area (Å²) in [6.45, 7) is 7.16. The first kappa shape index (κ1) is 19.4. The fraction of sp³-hybridized carbons (Fsp3) is 0.333. The predicted molar refractivity (Wildman–Crippen MR) is 117 cm³/mol. The predicted octanol–water partition coefficient (Wildman–Crippen LogP) is 4.73. The van der Waals surface area contributed by atoms with Crippen LogP contribution in [0.4, 0.5) is 5.69 Å². The molecule has 0 atom stereocenters. The minimum Gasteiger partial charge on any atom is -0.322 e. The standard InChI is InChI=1S/C24H28N4O/c1-18-23(19(2)28(26-18)22-9-5-3-6-10-22)24(29)25-21-13-11-20(12-14-21)17-27-15-7-4-8-16-27/h3,5-6,9-14H,4,7-8,15-17H2,1-2H3,(H,25,29). The van der Waals surface area contributed by atoms with Crippen LogP contribution in [0.15, 0.2) is 54.6 Å². The number of para-hydroxylation sites is 1. The van der Waals surface area contributed by atoms with Crippen molar-refractivity contribution in [1.29, 1.82) is 0 Å². The van der Waals surface area contributed by atoms with Gasteiger partial charge in [0.25, 0.3) is 5.91 Å². The van der Waals surface area contributed by atoms with Crippen molar-refractivity contribution < 1.29 is 4.79 Å². The number of carbonyl (C=O) groups is 1. The van der Waals surface area contributed by atoms with Gasteiger partial charge < -0.3 is 5.32 Å². The molecule has 0 radical (unpaired) electrons. The Kier molecular flexibility index (Phi) is 5.76. The van der Waals surface area contributed by atoms with E-state index in [0.29, 0.717) is 5.56 Å². The van der Waals surface area contributed by atoms with Crippen LogP contribution in [0.1, 0.15) is 46.6 Å². The molecule has 1 N–H and O–H groups in total. The van der Waals surface area contributed by atoms with Crippen LogP contribution in [0.25, 0.3) is 5.69 Å². The Hall–Kier alpha value is -2.92. The number of aryl methyl sites for hydroxylation is 1. The van der Waals surface area contributed by atoms with Crippen LogP contribution >= 0.6 is 0 Å². The Balaban J connectivity index is 1.46. The molecule has 2 heterocycles. The number of aromatic nitrogens is 2. The molecule has 3 aromatic rings. The summed E-state index contributed by atoms with van der Waals surface area (Å²) in [4.78, 5) is 15.4. The number of anilines is 1. The molecule has 1 aliphatic rings. The molecule has 0 saturated carbocycles. The largest absolute Gasteiger partial charge is 0.322 e. The van der Waals surface area contributed by atoms with Gasteiger partial charge in [0.15, 0.2) is 0 Å². The van der Waals surface area contributed by atoms with E-state index < -0.39 is 0 Å². The van der Waals surface area contributed by atoms with Crippen molar-refractivity contribution in [2.45, 2.75) is 39.7 Å². The van der Waals surface area contributed by atoms with Gasteiger partial charge in [-0.1, -0.05) is 36.8 Å². The van der Waals surface area contributed by atoms with E-state index in [0.717, 1.165) is 29.3 Å². The Morgan fingerprint density at radius 1 is 0.966 bits per heavy atom. The Morgan fingerprint density at radius 2 is 1.66 bits per heavy atom. The Labute approximate surface area is 172 Å². The van der Waals surface area contributed by atoms with E-state index in [9.17, 15) is 4.79 Å². The molecule has 0 unspecified atom stereocenters. The van der Waals surface area contributed by atoms with E-state index >= 15 is 0 Å². The number of hydrogen-bond donors (Lipinski definition) is 1. The molecule has 150 valence electrons. The first-order chi connectivity index (χ1) is 14.1. The molecule has 29 heavy (non-hydrogen) atoms. The van der Waals surface area contributed by atoms with Crippen LogP contribution in [0.5, 0.6) is 0 Å². The number of carbonyl (C=O) groups excluding carboxylic acids is 1. The summed E-state index contributed by atoms with van der Waals surface area (Å²) in [5, 5.41) is 7.60. The number of nitrogens with zero attached hydrogens (tertiary/aromatic N) is 3. The second-order valence-corrected chi connectivity index (χ2v) is 7.78. The van der Waals surface area contributed by atoms with Crippen LogP contribution in [0.2, 0.25) is 0 Å². The number of rotatable bonds is 5. The maximum absolute atomic E-state index is 12.9. The van der Waals surface area contributed by atoms with E-state index in [2.05, 4.69) is 27.4 Å². The highest BCUT2D eigenvalue weighted by Crippen LogP contribution is 2.20. The molecular weight excluding hydrogens is 360 g/mol. The summed E-state index contributed by atoms with van der Waals surface area (Å²) in [6, 6.07) is 18.1. The van der Waals surface area contributed by atoms with Gasteiger partial charge in [0, 0.05) is 12.2 Å². The molecule has 0 aliphatic carbocycles. The molecule has 1 aromatic heterocycles. The van der Waals surface area contributed by atoms with Crippen molar-refractivity contribution in [1.82, 2.24) is 14.7 Å². The maximum atomic E-state index is 12.9. The van der Waals surface area contributed by atoms with Crippen molar-refractivity contribution in [2.24, 2.45) is 0 Å². The lowest BCUT2D eigenvalue weighted by Gasteiger charge is -2.26. The zero-order valence-corrected chi connectivity index (χ0v) is 17.2. The minimum atomic E-state index is -0.119. The SMILES string of the molecule is Cc1nn(-c2ccccc2)c(C)c1C(=O)Nc1ccc(CN2CCCCC2)cc1. The highest BCUT2D eigenvalue weighted by atomic mass is 16.1. The van der Waals surface area contributed by atoms with Crippen LogP contribution < -0.4 is 5.32 Å². The summed E-state index contributed by atoms with van der Waals surface area (Å²) in [5.74, 6) is -0.119. The molecule has 1 saturated heterocycles. The van der Waals surface area contributed by atoms with Gasteiger partial charge in [0.05, 0.1) is 22.6 Å². The summed E-state index contributed by atoms with van der Waals surface area (Å²) < 4.78 is 1.83. The van der Waals surface area contributed by atoms with E-state index in [1.54, 1.807) is 0 Å². The fourth-order valence-corrected chi connectivity index (χ4v) is 4.05. The Morgan fingerprint density at radius 3 is 2.34 bits per heavy atom. The molecule has 1 fully saturated rings. The summed E-state index contributed by atoms with van der Waals surface area (Å²) >= 11 is 0. The minimum absolute atomic E-state index is 0.119. The van der Waals surface area contributed by atoms with Gasteiger partial charge in [0.2, 0.25) is 0 Å². The van der Waals surface area contributed by atoms with Crippen LogP contribution in [0.3, 0.4) is 0 Å². The zero-order chi connectivity index (χ0) is 20.2. The highest BCUT2D eigenvalue weighted by Gasteiger charge is 2.19. The first-order valence-electron chi connectivity index (χ1n) is 10.4. The molecular formula is C24H28N4O. The average Bonchev–Trinajstić information content (AvgIpc) is 3.05. The highest BCUT2D eigenvalue weighted by molar-refractivity contribution is 6.05. The topological polar surface area (TPSA) is 50.2 Å². The number of piperidine rings is 1.